The number of hydrogen-bond acceptors (Lipinski definition) is 3. The zero-order chi connectivity index (χ0) is 19.3. The van der Waals surface area contributed by atoms with Crippen LogP contribution in [0.4, 0.5) is 18.9 Å². The van der Waals surface area contributed by atoms with Crippen LogP contribution in [0.5, 0.6) is 5.75 Å². The van der Waals surface area contributed by atoms with Gasteiger partial charge in [0, 0.05) is 28.9 Å². The van der Waals surface area contributed by atoms with Gasteiger partial charge in [0.1, 0.15) is 5.75 Å². The molecule has 0 atom stereocenters. The summed E-state index contributed by atoms with van der Waals surface area (Å²) in [5, 5.41) is 3.60. The normalized spacial score (nSPS) is 11.7. The Balaban J connectivity index is 1.62. The van der Waals surface area contributed by atoms with Crippen LogP contribution in [0.2, 0.25) is 0 Å². The molecule has 0 unspecified atom stereocenters. The molecule has 138 valence electrons. The highest BCUT2D eigenvalue weighted by Gasteiger charge is 2.28. The van der Waals surface area contributed by atoms with Gasteiger partial charge in [-0.3, -0.25) is 9.78 Å². The lowest BCUT2D eigenvalue weighted by Gasteiger charge is -2.09. The first-order chi connectivity index (χ1) is 12.9. The van der Waals surface area contributed by atoms with E-state index in [4.69, 9.17) is 0 Å². The Morgan fingerprint density at radius 2 is 1.81 bits per heavy atom. The molecule has 1 heterocycles. The summed E-state index contributed by atoms with van der Waals surface area (Å²) in [4.78, 5) is 16.4. The lowest BCUT2D eigenvalue weighted by molar-refractivity contribution is -0.153. The molecule has 3 aromatic rings. The number of halogens is 3. The van der Waals surface area contributed by atoms with Crippen LogP contribution in [-0.2, 0) is 4.79 Å². The van der Waals surface area contributed by atoms with Crippen molar-refractivity contribution in [2.75, 3.05) is 11.9 Å². The van der Waals surface area contributed by atoms with Crippen molar-refractivity contribution in [3.05, 3.63) is 72.4 Å². The number of nitrogens with zero attached hydrogens (tertiary/aromatic N) is 1. The smallest absolute Gasteiger partial charge is 0.422 e. The van der Waals surface area contributed by atoms with E-state index in [2.05, 4.69) is 15.0 Å². The van der Waals surface area contributed by atoms with Gasteiger partial charge < -0.3 is 10.1 Å². The minimum absolute atomic E-state index is 0.0719. The van der Waals surface area contributed by atoms with E-state index in [9.17, 15) is 18.0 Å². The topological polar surface area (TPSA) is 51.2 Å². The Morgan fingerprint density at radius 1 is 1.07 bits per heavy atom. The molecule has 0 radical (unpaired) electrons. The zero-order valence-electron chi connectivity index (χ0n) is 14.0. The molecule has 0 aliphatic heterocycles. The molecule has 0 spiro atoms. The van der Waals surface area contributed by atoms with Crippen LogP contribution >= 0.6 is 0 Å². The predicted octanol–water partition coefficient (Wildman–Crippen LogP) is 4.83. The van der Waals surface area contributed by atoms with Crippen molar-refractivity contribution in [1.82, 2.24) is 4.98 Å². The second-order valence-electron chi connectivity index (χ2n) is 5.67. The highest BCUT2D eigenvalue weighted by atomic mass is 19.4. The fourth-order valence-corrected chi connectivity index (χ4v) is 2.41. The van der Waals surface area contributed by atoms with E-state index in [1.165, 1.54) is 30.3 Å². The Morgan fingerprint density at radius 3 is 2.56 bits per heavy atom. The molecule has 0 aliphatic rings. The monoisotopic (exact) mass is 372 g/mol. The summed E-state index contributed by atoms with van der Waals surface area (Å²) in [7, 11) is 0. The average molecular weight is 372 g/mol. The van der Waals surface area contributed by atoms with E-state index in [-0.39, 0.29) is 11.7 Å². The zero-order valence-corrected chi connectivity index (χ0v) is 14.0. The first kappa shape index (κ1) is 18.4. The van der Waals surface area contributed by atoms with Gasteiger partial charge >= 0.3 is 6.18 Å². The quantitative estimate of drug-likeness (QED) is 0.653. The number of fused-ring (bicyclic) bond motifs is 1. The highest BCUT2D eigenvalue weighted by Crippen LogP contribution is 2.21. The Hall–Kier alpha value is -3.35. The van der Waals surface area contributed by atoms with E-state index in [0.717, 1.165) is 16.5 Å². The van der Waals surface area contributed by atoms with E-state index in [1.54, 1.807) is 12.3 Å². The van der Waals surface area contributed by atoms with Gasteiger partial charge in [-0.1, -0.05) is 24.3 Å². The third kappa shape index (κ3) is 5.31. The number of amides is 1. The van der Waals surface area contributed by atoms with Crippen LogP contribution in [0, 0.1) is 0 Å². The maximum absolute atomic E-state index is 12.1. The minimum atomic E-state index is -4.39. The number of carbonyl (C=O) groups excluding carboxylic acids is 1. The van der Waals surface area contributed by atoms with Crippen molar-refractivity contribution in [3.63, 3.8) is 0 Å². The van der Waals surface area contributed by atoms with Crippen LogP contribution in [0.25, 0.3) is 17.0 Å². The Bertz CT molecular complexity index is 962. The van der Waals surface area contributed by atoms with Gasteiger partial charge in [-0.15, -0.1) is 0 Å². The second kappa shape index (κ2) is 7.90. The van der Waals surface area contributed by atoms with Crippen molar-refractivity contribution in [1.29, 1.82) is 0 Å². The number of hydrogen-bond donors (Lipinski definition) is 1. The van der Waals surface area contributed by atoms with Crippen molar-refractivity contribution in [2.45, 2.75) is 6.18 Å². The van der Waals surface area contributed by atoms with Gasteiger partial charge in [0.15, 0.2) is 6.61 Å². The fraction of sp³-hybridized carbons (Fsp3) is 0.100. The molecule has 0 bridgehead atoms. The SMILES string of the molecule is O=C(/C=C/c1cccc2cccnc12)Nc1ccc(OCC(F)(F)F)cc1. The number of pyridine rings is 1. The maximum atomic E-state index is 12.1. The fourth-order valence-electron chi connectivity index (χ4n) is 2.41. The number of anilines is 1. The van der Waals surface area contributed by atoms with Gasteiger partial charge in [-0.05, 0) is 36.4 Å². The first-order valence-corrected chi connectivity index (χ1v) is 8.03. The third-order valence-electron chi connectivity index (χ3n) is 3.60. The molecule has 1 amide bonds. The van der Waals surface area contributed by atoms with E-state index in [0.29, 0.717) is 5.69 Å². The van der Waals surface area contributed by atoms with E-state index >= 15 is 0 Å². The van der Waals surface area contributed by atoms with Crippen molar-refractivity contribution < 1.29 is 22.7 Å². The van der Waals surface area contributed by atoms with Gasteiger partial charge in [0.2, 0.25) is 5.91 Å². The molecule has 1 aromatic heterocycles. The molecule has 2 aromatic carbocycles. The minimum Gasteiger partial charge on any atom is -0.484 e. The van der Waals surface area contributed by atoms with Gasteiger partial charge in [0.25, 0.3) is 0 Å². The van der Waals surface area contributed by atoms with Crippen LogP contribution in [0.3, 0.4) is 0 Å². The first-order valence-electron chi connectivity index (χ1n) is 8.03. The summed E-state index contributed by atoms with van der Waals surface area (Å²) >= 11 is 0. The van der Waals surface area contributed by atoms with Crippen LogP contribution in [0.15, 0.2) is 66.9 Å². The predicted molar refractivity (Wildman–Crippen MR) is 97.4 cm³/mol. The average Bonchev–Trinajstić information content (AvgIpc) is 2.65. The largest absolute Gasteiger partial charge is 0.484 e. The van der Waals surface area contributed by atoms with Crippen LogP contribution in [0.1, 0.15) is 5.56 Å². The molecule has 7 heteroatoms. The number of para-hydroxylation sites is 1. The summed E-state index contributed by atoms with van der Waals surface area (Å²) in [5.41, 5.74) is 2.04. The molecule has 27 heavy (non-hydrogen) atoms. The van der Waals surface area contributed by atoms with Crippen molar-refractivity contribution in [2.24, 2.45) is 0 Å². The third-order valence-corrected chi connectivity index (χ3v) is 3.60. The molecule has 0 saturated carbocycles. The number of carbonyl (C=O) groups is 1. The van der Waals surface area contributed by atoms with Crippen molar-refractivity contribution in [3.8, 4) is 5.75 Å². The summed E-state index contributed by atoms with van der Waals surface area (Å²) in [6, 6.07) is 15.1. The number of benzene rings is 2. The summed E-state index contributed by atoms with van der Waals surface area (Å²) in [5.74, 6) is -0.297. The van der Waals surface area contributed by atoms with Crippen LogP contribution < -0.4 is 10.1 Å². The molecule has 0 saturated heterocycles. The van der Waals surface area contributed by atoms with Gasteiger partial charge in [0.05, 0.1) is 5.52 Å². The molecule has 0 fully saturated rings. The molecule has 3 rings (SSSR count). The Labute approximate surface area is 153 Å². The number of aromatic nitrogens is 1. The molecule has 4 nitrogen and oxygen atoms in total. The number of rotatable bonds is 5. The number of nitrogens with one attached hydrogen (secondary N) is 1. The maximum Gasteiger partial charge on any atom is 0.422 e. The van der Waals surface area contributed by atoms with Gasteiger partial charge in [-0.2, -0.15) is 13.2 Å². The Kier molecular flexibility index (Phi) is 5.40. The molecular weight excluding hydrogens is 357 g/mol. The van der Waals surface area contributed by atoms with Gasteiger partial charge in [-0.25, -0.2) is 0 Å². The second-order valence-corrected chi connectivity index (χ2v) is 5.67. The lowest BCUT2D eigenvalue weighted by Crippen LogP contribution is -2.19. The van der Waals surface area contributed by atoms with E-state index in [1.807, 2.05) is 30.3 Å². The summed E-state index contributed by atoms with van der Waals surface area (Å²) in [6.07, 6.45) is 0.319. The summed E-state index contributed by atoms with van der Waals surface area (Å²) in [6.45, 7) is -1.36. The van der Waals surface area contributed by atoms with Crippen LogP contribution in [-0.4, -0.2) is 23.7 Å². The number of ether oxygens (including phenoxy) is 1. The molecular formula is C20H15F3N2O2. The van der Waals surface area contributed by atoms with Crippen molar-refractivity contribution >= 4 is 28.6 Å². The number of alkyl halides is 3. The van der Waals surface area contributed by atoms with E-state index < -0.39 is 12.8 Å². The molecule has 1 N–H and O–H groups in total. The summed E-state index contributed by atoms with van der Waals surface area (Å²) < 4.78 is 41.0. The highest BCUT2D eigenvalue weighted by molar-refractivity contribution is 6.03. The standard InChI is InChI=1S/C20H15F3N2O2/c21-20(22,23)13-27-17-9-7-16(8-10-17)25-18(26)11-6-15-4-1-3-14-5-2-12-24-19(14)15/h1-12H,13H2,(H,25,26)/b11-6+. The lowest BCUT2D eigenvalue weighted by atomic mass is 10.1. The molecule has 0 aliphatic carbocycles.